The molecule has 0 N–H and O–H groups in total. The predicted octanol–water partition coefficient (Wildman–Crippen LogP) is 2.87. The molecule has 0 unspecified atom stereocenters. The monoisotopic (exact) mass is 252 g/mol. The lowest BCUT2D eigenvalue weighted by molar-refractivity contribution is -0.137. The van der Waals surface area contributed by atoms with Crippen molar-refractivity contribution < 1.29 is 30.4 Å². The van der Waals surface area contributed by atoms with Crippen LogP contribution in [0.5, 0.6) is 0 Å². The van der Waals surface area contributed by atoms with Gasteiger partial charge in [0.05, 0.1) is 0 Å². The highest BCUT2D eigenvalue weighted by Crippen LogP contribution is 2.31. The molecule has 90 valence electrons. The summed E-state index contributed by atoms with van der Waals surface area (Å²) in [5.41, 5.74) is 0. The summed E-state index contributed by atoms with van der Waals surface area (Å²) >= 11 is 0. The first-order chi connectivity index (χ1) is 6.52. The van der Waals surface area contributed by atoms with Crippen LogP contribution in [0.2, 0.25) is 0 Å². The van der Waals surface area contributed by atoms with Crippen LogP contribution in [0.3, 0.4) is 0 Å². The van der Waals surface area contributed by atoms with Gasteiger partial charge >= 0.3 is 11.4 Å². The zero-order chi connectivity index (χ0) is 12.3. The summed E-state index contributed by atoms with van der Waals surface area (Å²) in [5, 5.41) is -4.14. The summed E-state index contributed by atoms with van der Waals surface area (Å²) in [6.45, 7) is 2.67. The van der Waals surface area contributed by atoms with Crippen molar-refractivity contribution in [3.63, 3.8) is 0 Å². The standard InChI is InChI=1S/C7H9F5O2S/c1-2-15(13,14)7(11,12)5-3-4-6(8,9)10/h2H,1,3-5H2. The predicted molar refractivity (Wildman–Crippen MR) is 44.0 cm³/mol. The highest BCUT2D eigenvalue weighted by molar-refractivity contribution is 7.95. The van der Waals surface area contributed by atoms with E-state index in [1.165, 1.54) is 0 Å². The van der Waals surface area contributed by atoms with Crippen molar-refractivity contribution in [3.05, 3.63) is 12.0 Å². The molecule has 0 aliphatic heterocycles. The van der Waals surface area contributed by atoms with E-state index in [9.17, 15) is 30.4 Å². The van der Waals surface area contributed by atoms with E-state index in [4.69, 9.17) is 0 Å². The third-order valence-electron chi connectivity index (χ3n) is 1.56. The number of sulfone groups is 1. The first-order valence-electron chi connectivity index (χ1n) is 3.83. The minimum atomic E-state index is -4.85. The first kappa shape index (κ1) is 14.3. The number of hydrogen-bond acceptors (Lipinski definition) is 2. The van der Waals surface area contributed by atoms with Crippen LogP contribution in [0, 0.1) is 0 Å². The lowest BCUT2D eigenvalue weighted by atomic mass is 10.2. The topological polar surface area (TPSA) is 34.1 Å². The lowest BCUT2D eigenvalue weighted by Gasteiger charge is -2.14. The SMILES string of the molecule is C=CS(=O)(=O)C(F)(F)CCCC(F)(F)F. The fraction of sp³-hybridized carbons (Fsp3) is 0.714. The molecule has 0 rings (SSSR count). The summed E-state index contributed by atoms with van der Waals surface area (Å²) in [6, 6.07) is 0. The van der Waals surface area contributed by atoms with E-state index >= 15 is 0 Å². The summed E-state index contributed by atoms with van der Waals surface area (Å²) < 4.78 is 81.5. The Morgan fingerprint density at radius 1 is 1.07 bits per heavy atom. The van der Waals surface area contributed by atoms with E-state index in [1.807, 2.05) is 0 Å². The number of rotatable bonds is 5. The highest BCUT2D eigenvalue weighted by atomic mass is 32.2. The van der Waals surface area contributed by atoms with Gasteiger partial charge in [0.15, 0.2) is 0 Å². The molecule has 0 saturated heterocycles. The Balaban J connectivity index is 4.36. The van der Waals surface area contributed by atoms with E-state index < -0.39 is 40.5 Å². The molecular weight excluding hydrogens is 243 g/mol. The quantitative estimate of drug-likeness (QED) is 0.705. The smallest absolute Gasteiger partial charge is 0.218 e. The van der Waals surface area contributed by atoms with Crippen LogP contribution in [0.1, 0.15) is 19.3 Å². The minimum Gasteiger partial charge on any atom is -0.218 e. The molecule has 0 heterocycles. The molecule has 0 aromatic heterocycles. The van der Waals surface area contributed by atoms with Crippen molar-refractivity contribution in [3.8, 4) is 0 Å². The Kier molecular flexibility index (Phi) is 4.26. The second-order valence-electron chi connectivity index (χ2n) is 2.82. The zero-order valence-electron chi connectivity index (χ0n) is 7.52. The van der Waals surface area contributed by atoms with E-state index in [0.29, 0.717) is 0 Å². The average molecular weight is 252 g/mol. The van der Waals surface area contributed by atoms with Crippen molar-refractivity contribution in [1.82, 2.24) is 0 Å². The van der Waals surface area contributed by atoms with Gasteiger partial charge in [-0.3, -0.25) is 0 Å². The summed E-state index contributed by atoms with van der Waals surface area (Å²) in [7, 11) is -4.85. The molecule has 0 aromatic carbocycles. The van der Waals surface area contributed by atoms with Gasteiger partial charge in [-0.1, -0.05) is 6.58 Å². The van der Waals surface area contributed by atoms with E-state index in [-0.39, 0.29) is 5.41 Å². The van der Waals surface area contributed by atoms with Crippen LogP contribution < -0.4 is 0 Å². The molecule has 0 amide bonds. The van der Waals surface area contributed by atoms with Crippen molar-refractivity contribution in [2.24, 2.45) is 0 Å². The molecule has 0 atom stereocenters. The molecule has 8 heteroatoms. The van der Waals surface area contributed by atoms with E-state index in [0.717, 1.165) is 0 Å². The van der Waals surface area contributed by atoms with Crippen LogP contribution in [-0.4, -0.2) is 19.8 Å². The second kappa shape index (κ2) is 4.46. The normalized spacial score (nSPS) is 13.9. The molecule has 0 aliphatic rings. The van der Waals surface area contributed by atoms with Crippen molar-refractivity contribution >= 4 is 9.84 Å². The Hall–Kier alpha value is -0.660. The van der Waals surface area contributed by atoms with Crippen LogP contribution in [0.4, 0.5) is 22.0 Å². The Bertz CT molecular complexity index is 317. The van der Waals surface area contributed by atoms with Gasteiger partial charge < -0.3 is 0 Å². The van der Waals surface area contributed by atoms with Gasteiger partial charge in [-0.2, -0.15) is 22.0 Å². The van der Waals surface area contributed by atoms with Crippen LogP contribution in [0.25, 0.3) is 0 Å². The lowest BCUT2D eigenvalue weighted by Crippen LogP contribution is -2.27. The molecule has 0 spiro atoms. The molecule has 0 bridgehead atoms. The molecule has 2 nitrogen and oxygen atoms in total. The fourth-order valence-corrected chi connectivity index (χ4v) is 1.43. The molecule has 0 aromatic rings. The molecule has 0 aliphatic carbocycles. The van der Waals surface area contributed by atoms with Gasteiger partial charge in [0.25, 0.3) is 0 Å². The maximum atomic E-state index is 12.8. The van der Waals surface area contributed by atoms with Gasteiger partial charge in [0.2, 0.25) is 9.84 Å². The Labute approximate surface area is 83.7 Å². The summed E-state index contributed by atoms with van der Waals surface area (Å²) in [6.07, 6.45) is -8.30. The summed E-state index contributed by atoms with van der Waals surface area (Å²) in [4.78, 5) is 0. The largest absolute Gasteiger partial charge is 0.389 e. The van der Waals surface area contributed by atoms with Crippen molar-refractivity contribution in [2.45, 2.75) is 30.7 Å². The third kappa shape index (κ3) is 4.59. The molecular formula is C7H9F5O2S. The van der Waals surface area contributed by atoms with E-state index in [1.54, 1.807) is 0 Å². The molecule has 0 radical (unpaired) electrons. The second-order valence-corrected chi connectivity index (χ2v) is 4.84. The first-order valence-corrected chi connectivity index (χ1v) is 5.38. The summed E-state index contributed by atoms with van der Waals surface area (Å²) in [5.74, 6) is 0. The van der Waals surface area contributed by atoms with Gasteiger partial charge in [0.1, 0.15) is 0 Å². The van der Waals surface area contributed by atoms with Gasteiger partial charge in [-0.15, -0.1) is 0 Å². The zero-order valence-corrected chi connectivity index (χ0v) is 8.34. The Morgan fingerprint density at radius 3 is 1.87 bits per heavy atom. The maximum absolute atomic E-state index is 12.8. The number of hydrogen-bond donors (Lipinski definition) is 0. The van der Waals surface area contributed by atoms with Gasteiger partial charge in [-0.25, -0.2) is 8.42 Å². The van der Waals surface area contributed by atoms with Crippen LogP contribution in [0.15, 0.2) is 12.0 Å². The van der Waals surface area contributed by atoms with Crippen LogP contribution >= 0.6 is 0 Å². The molecule has 0 saturated carbocycles. The Morgan fingerprint density at radius 2 is 1.53 bits per heavy atom. The van der Waals surface area contributed by atoms with Crippen molar-refractivity contribution in [2.75, 3.05) is 0 Å². The minimum absolute atomic E-state index is 0.0423. The number of alkyl halides is 5. The average Bonchev–Trinajstić information content (AvgIpc) is 2.01. The molecule has 15 heavy (non-hydrogen) atoms. The highest BCUT2D eigenvalue weighted by Gasteiger charge is 2.43. The third-order valence-corrected chi connectivity index (χ3v) is 3.04. The molecule has 0 fully saturated rings. The van der Waals surface area contributed by atoms with Gasteiger partial charge in [0, 0.05) is 18.2 Å². The van der Waals surface area contributed by atoms with Gasteiger partial charge in [-0.05, 0) is 6.42 Å². The maximum Gasteiger partial charge on any atom is 0.389 e. The fourth-order valence-electron chi connectivity index (χ4n) is 0.759. The van der Waals surface area contributed by atoms with Crippen LogP contribution in [-0.2, 0) is 9.84 Å². The van der Waals surface area contributed by atoms with Crippen molar-refractivity contribution in [1.29, 1.82) is 0 Å². The van der Waals surface area contributed by atoms with E-state index in [2.05, 4.69) is 6.58 Å². The number of halogens is 5.